The van der Waals surface area contributed by atoms with E-state index in [9.17, 15) is 9.59 Å². The minimum atomic E-state index is 0.0648. The molecular weight excluding hydrogens is 338 g/mol. The van der Waals surface area contributed by atoms with Crippen LogP contribution >= 0.6 is 0 Å². The number of piperidine rings is 2. The van der Waals surface area contributed by atoms with Crippen molar-refractivity contribution < 1.29 is 9.59 Å². The highest BCUT2D eigenvalue weighted by molar-refractivity contribution is 5.80. The molecule has 0 radical (unpaired) electrons. The van der Waals surface area contributed by atoms with Gasteiger partial charge in [0.2, 0.25) is 11.8 Å². The zero-order valence-corrected chi connectivity index (χ0v) is 16.5. The molecule has 5 heteroatoms. The summed E-state index contributed by atoms with van der Waals surface area (Å²) in [6.07, 6.45) is 5.07. The van der Waals surface area contributed by atoms with Gasteiger partial charge in [-0.1, -0.05) is 30.3 Å². The van der Waals surface area contributed by atoms with Gasteiger partial charge >= 0.3 is 0 Å². The quantitative estimate of drug-likeness (QED) is 0.864. The normalized spacial score (nSPS) is 22.5. The van der Waals surface area contributed by atoms with E-state index in [1.54, 1.807) is 0 Å². The van der Waals surface area contributed by atoms with Gasteiger partial charge in [0.25, 0.3) is 0 Å². The highest BCUT2D eigenvalue weighted by Gasteiger charge is 2.33. The van der Waals surface area contributed by atoms with Crippen LogP contribution in [0.4, 0.5) is 0 Å². The number of rotatable bonds is 5. The third-order valence-electron chi connectivity index (χ3n) is 6.18. The molecule has 3 rings (SSSR count). The average molecular weight is 372 g/mol. The summed E-state index contributed by atoms with van der Waals surface area (Å²) in [4.78, 5) is 29.3. The first kappa shape index (κ1) is 19.9. The maximum atomic E-state index is 12.9. The highest BCUT2D eigenvalue weighted by Crippen LogP contribution is 2.25. The maximum Gasteiger partial charge on any atom is 0.225 e. The van der Waals surface area contributed by atoms with Crippen LogP contribution in [-0.2, 0) is 16.0 Å². The predicted octanol–water partition coefficient (Wildman–Crippen LogP) is 2.44. The molecule has 2 N–H and O–H groups in total. The minimum absolute atomic E-state index is 0.0648. The summed E-state index contributed by atoms with van der Waals surface area (Å²) >= 11 is 0. The largest absolute Gasteiger partial charge is 0.343 e. The molecule has 0 aliphatic carbocycles. The van der Waals surface area contributed by atoms with Crippen LogP contribution in [0.5, 0.6) is 0 Å². The number of hydrogen-bond donors (Lipinski definition) is 1. The Kier molecular flexibility index (Phi) is 6.89. The number of benzene rings is 1. The van der Waals surface area contributed by atoms with Crippen molar-refractivity contribution in [2.24, 2.45) is 17.6 Å². The number of nitrogens with two attached hydrogens (primary N) is 1. The second kappa shape index (κ2) is 9.36. The predicted molar refractivity (Wildman–Crippen MR) is 107 cm³/mol. The van der Waals surface area contributed by atoms with Crippen molar-refractivity contribution in [3.8, 4) is 0 Å². The Hall–Kier alpha value is -1.88. The van der Waals surface area contributed by atoms with Crippen LogP contribution in [-0.4, -0.2) is 53.8 Å². The van der Waals surface area contributed by atoms with E-state index in [2.05, 4.69) is 12.1 Å². The Balaban J connectivity index is 1.44. The first-order valence-electron chi connectivity index (χ1n) is 10.4. The molecule has 0 saturated carbocycles. The van der Waals surface area contributed by atoms with Crippen LogP contribution < -0.4 is 5.73 Å². The molecule has 2 aliphatic heterocycles. The summed E-state index contributed by atoms with van der Waals surface area (Å²) in [5, 5.41) is 0. The summed E-state index contributed by atoms with van der Waals surface area (Å²) in [5.41, 5.74) is 7.25. The lowest BCUT2D eigenvalue weighted by atomic mass is 9.89. The first-order chi connectivity index (χ1) is 13.0. The van der Waals surface area contributed by atoms with Crippen LogP contribution in [0.15, 0.2) is 30.3 Å². The fourth-order valence-corrected chi connectivity index (χ4v) is 4.33. The Morgan fingerprint density at radius 3 is 2.44 bits per heavy atom. The molecule has 0 bridgehead atoms. The molecule has 5 nitrogen and oxygen atoms in total. The summed E-state index contributed by atoms with van der Waals surface area (Å²) in [6.45, 7) is 5.10. The Bertz CT molecular complexity index is 624. The molecule has 1 aromatic rings. The Labute approximate surface area is 162 Å². The van der Waals surface area contributed by atoms with Gasteiger partial charge in [0.05, 0.1) is 0 Å². The average Bonchev–Trinajstić information content (AvgIpc) is 2.72. The van der Waals surface area contributed by atoms with Crippen molar-refractivity contribution >= 4 is 11.8 Å². The van der Waals surface area contributed by atoms with Crippen molar-refractivity contribution in [2.75, 3.05) is 26.2 Å². The first-order valence-corrected chi connectivity index (χ1v) is 10.4. The van der Waals surface area contributed by atoms with Gasteiger partial charge in [-0.3, -0.25) is 9.59 Å². The lowest BCUT2D eigenvalue weighted by Crippen LogP contribution is -2.49. The molecule has 2 saturated heterocycles. The summed E-state index contributed by atoms with van der Waals surface area (Å²) in [7, 11) is 0. The van der Waals surface area contributed by atoms with Crippen LogP contribution in [0.2, 0.25) is 0 Å². The number of amides is 2. The number of nitrogens with zero attached hydrogens (tertiary/aromatic N) is 2. The van der Waals surface area contributed by atoms with Gasteiger partial charge in [0, 0.05) is 44.6 Å². The SMILES string of the molecule is CC(N)C1CCCN(C(=O)C2CCN(C(=O)CCc3ccccc3)CC2)C1. The minimum Gasteiger partial charge on any atom is -0.343 e. The monoisotopic (exact) mass is 371 g/mol. The Morgan fingerprint density at radius 1 is 1.07 bits per heavy atom. The van der Waals surface area contributed by atoms with Crippen LogP contribution in [0.1, 0.15) is 44.6 Å². The molecule has 148 valence electrons. The van der Waals surface area contributed by atoms with Gasteiger partial charge in [0.15, 0.2) is 0 Å². The van der Waals surface area contributed by atoms with E-state index in [0.717, 1.165) is 45.2 Å². The van der Waals surface area contributed by atoms with Crippen LogP contribution in [0.25, 0.3) is 0 Å². The molecule has 27 heavy (non-hydrogen) atoms. The smallest absolute Gasteiger partial charge is 0.225 e. The number of likely N-dealkylation sites (tertiary alicyclic amines) is 2. The lowest BCUT2D eigenvalue weighted by molar-refractivity contribution is -0.142. The van der Waals surface area contributed by atoms with E-state index in [4.69, 9.17) is 5.73 Å². The molecule has 2 heterocycles. The molecule has 0 aromatic heterocycles. The fourth-order valence-electron chi connectivity index (χ4n) is 4.33. The van der Waals surface area contributed by atoms with E-state index < -0.39 is 0 Å². The maximum absolute atomic E-state index is 12.9. The Morgan fingerprint density at radius 2 is 1.78 bits per heavy atom. The molecule has 2 unspecified atom stereocenters. The van der Waals surface area contributed by atoms with Gasteiger partial charge in [0.1, 0.15) is 0 Å². The van der Waals surface area contributed by atoms with E-state index >= 15 is 0 Å². The topological polar surface area (TPSA) is 66.6 Å². The van der Waals surface area contributed by atoms with Gasteiger partial charge in [-0.05, 0) is 50.5 Å². The van der Waals surface area contributed by atoms with Gasteiger partial charge in [-0.15, -0.1) is 0 Å². The molecular formula is C22H33N3O2. The van der Waals surface area contributed by atoms with E-state index in [1.165, 1.54) is 5.56 Å². The summed E-state index contributed by atoms with van der Waals surface area (Å²) in [6, 6.07) is 10.3. The molecule has 2 aliphatic rings. The molecule has 2 atom stereocenters. The van der Waals surface area contributed by atoms with Gasteiger partial charge in [-0.2, -0.15) is 0 Å². The fraction of sp³-hybridized carbons (Fsp3) is 0.636. The van der Waals surface area contributed by atoms with Crippen LogP contribution in [0.3, 0.4) is 0 Å². The number of carbonyl (C=O) groups excluding carboxylic acids is 2. The van der Waals surface area contributed by atoms with Gasteiger partial charge < -0.3 is 15.5 Å². The molecule has 2 fully saturated rings. The van der Waals surface area contributed by atoms with Crippen molar-refractivity contribution in [1.82, 2.24) is 9.80 Å². The standard InChI is InChI=1S/C22H33N3O2/c1-17(23)20-8-5-13-25(16-20)22(27)19-11-14-24(15-12-19)21(26)10-9-18-6-3-2-4-7-18/h2-4,6-7,17,19-20H,5,8-16,23H2,1H3. The molecule has 0 spiro atoms. The number of aryl methyl sites for hydroxylation is 1. The molecule has 2 amide bonds. The third-order valence-corrected chi connectivity index (χ3v) is 6.18. The van der Waals surface area contributed by atoms with E-state index in [0.29, 0.717) is 25.4 Å². The number of hydrogen-bond acceptors (Lipinski definition) is 3. The summed E-state index contributed by atoms with van der Waals surface area (Å²) in [5.74, 6) is 0.967. The van der Waals surface area contributed by atoms with E-state index in [-0.39, 0.29) is 23.8 Å². The highest BCUT2D eigenvalue weighted by atomic mass is 16.2. The van der Waals surface area contributed by atoms with Crippen molar-refractivity contribution in [1.29, 1.82) is 0 Å². The lowest BCUT2D eigenvalue weighted by Gasteiger charge is -2.38. The van der Waals surface area contributed by atoms with Crippen LogP contribution in [0, 0.1) is 11.8 Å². The third kappa shape index (κ3) is 5.32. The van der Waals surface area contributed by atoms with Gasteiger partial charge in [-0.25, -0.2) is 0 Å². The number of carbonyl (C=O) groups is 2. The zero-order valence-electron chi connectivity index (χ0n) is 16.5. The zero-order chi connectivity index (χ0) is 19.2. The second-order valence-electron chi connectivity index (χ2n) is 8.19. The van der Waals surface area contributed by atoms with Crippen molar-refractivity contribution in [3.05, 3.63) is 35.9 Å². The van der Waals surface area contributed by atoms with Crippen molar-refractivity contribution in [2.45, 2.75) is 51.5 Å². The second-order valence-corrected chi connectivity index (χ2v) is 8.19. The van der Waals surface area contributed by atoms with Crippen molar-refractivity contribution in [3.63, 3.8) is 0 Å². The summed E-state index contributed by atoms with van der Waals surface area (Å²) < 4.78 is 0. The molecule has 1 aromatic carbocycles. The van der Waals surface area contributed by atoms with E-state index in [1.807, 2.05) is 34.9 Å².